The van der Waals surface area contributed by atoms with Crippen LogP contribution in [0.3, 0.4) is 0 Å². The maximum atomic E-state index is 13.1. The molecular formula is C22H34N6O2. The van der Waals surface area contributed by atoms with Gasteiger partial charge in [-0.1, -0.05) is 18.6 Å². The zero-order valence-electron chi connectivity index (χ0n) is 18.3. The number of nitrogens with zero attached hydrogens (tertiary/aromatic N) is 5. The summed E-state index contributed by atoms with van der Waals surface area (Å²) in [7, 11) is 1.61. The lowest BCUT2D eigenvalue weighted by atomic mass is 10.1. The summed E-state index contributed by atoms with van der Waals surface area (Å²) < 4.78 is 7.50. The molecule has 8 nitrogen and oxygen atoms in total. The second kappa shape index (κ2) is 9.75. The van der Waals surface area contributed by atoms with E-state index in [1.165, 1.54) is 19.3 Å². The van der Waals surface area contributed by atoms with Gasteiger partial charge in [-0.05, 0) is 57.9 Å². The molecule has 2 aliphatic heterocycles. The van der Waals surface area contributed by atoms with Crippen molar-refractivity contribution in [2.75, 3.05) is 46.4 Å². The van der Waals surface area contributed by atoms with Gasteiger partial charge >= 0.3 is 0 Å². The Hall–Kier alpha value is -2.19. The van der Waals surface area contributed by atoms with Gasteiger partial charge in [0, 0.05) is 25.2 Å². The van der Waals surface area contributed by atoms with Crippen molar-refractivity contribution in [3.05, 3.63) is 17.7 Å². The Morgan fingerprint density at radius 1 is 1.13 bits per heavy atom. The summed E-state index contributed by atoms with van der Waals surface area (Å²) >= 11 is 0. The van der Waals surface area contributed by atoms with Crippen molar-refractivity contribution in [2.24, 2.45) is 0 Å². The van der Waals surface area contributed by atoms with Gasteiger partial charge < -0.3 is 19.9 Å². The molecule has 0 saturated carbocycles. The van der Waals surface area contributed by atoms with Crippen molar-refractivity contribution in [3.8, 4) is 5.75 Å². The highest BCUT2D eigenvalue weighted by Gasteiger charge is 2.23. The van der Waals surface area contributed by atoms with E-state index in [4.69, 9.17) is 4.74 Å². The Balaban J connectivity index is 1.49. The Morgan fingerprint density at radius 2 is 1.90 bits per heavy atom. The van der Waals surface area contributed by atoms with E-state index in [0.717, 1.165) is 69.7 Å². The van der Waals surface area contributed by atoms with Crippen LogP contribution in [0.1, 0.15) is 49.4 Å². The molecular weight excluding hydrogens is 380 g/mol. The molecule has 1 aromatic heterocycles. The first kappa shape index (κ1) is 21.1. The molecule has 30 heavy (non-hydrogen) atoms. The van der Waals surface area contributed by atoms with Crippen molar-refractivity contribution >= 4 is 16.9 Å². The number of ether oxygens (including phenoxy) is 1. The van der Waals surface area contributed by atoms with Gasteiger partial charge in [-0.25, -0.2) is 4.68 Å². The number of aromatic nitrogens is 3. The fraction of sp³-hybridized carbons (Fsp3) is 0.682. The van der Waals surface area contributed by atoms with Crippen LogP contribution in [-0.2, 0) is 6.54 Å². The number of hydrogen-bond donors (Lipinski definition) is 1. The van der Waals surface area contributed by atoms with E-state index in [-0.39, 0.29) is 11.9 Å². The van der Waals surface area contributed by atoms with Crippen LogP contribution in [0.5, 0.6) is 5.75 Å². The summed E-state index contributed by atoms with van der Waals surface area (Å²) in [4.78, 5) is 17.9. The second-order valence-corrected chi connectivity index (χ2v) is 8.46. The minimum atomic E-state index is -0.0941. The van der Waals surface area contributed by atoms with Crippen LogP contribution >= 0.6 is 0 Å². The van der Waals surface area contributed by atoms with Gasteiger partial charge in [-0.15, -0.1) is 5.10 Å². The smallest absolute Gasteiger partial charge is 0.255 e. The van der Waals surface area contributed by atoms with Gasteiger partial charge in [-0.3, -0.25) is 4.79 Å². The quantitative estimate of drug-likeness (QED) is 0.748. The molecule has 2 saturated heterocycles. The molecule has 3 heterocycles. The van der Waals surface area contributed by atoms with E-state index in [9.17, 15) is 4.79 Å². The van der Waals surface area contributed by atoms with Crippen molar-refractivity contribution in [1.82, 2.24) is 30.1 Å². The molecule has 1 unspecified atom stereocenters. The van der Waals surface area contributed by atoms with E-state index in [2.05, 4.69) is 32.4 Å². The molecule has 2 aliphatic rings. The van der Waals surface area contributed by atoms with Gasteiger partial charge in [-0.2, -0.15) is 0 Å². The Morgan fingerprint density at radius 3 is 2.67 bits per heavy atom. The average Bonchev–Trinajstić information content (AvgIpc) is 3.36. The van der Waals surface area contributed by atoms with Crippen molar-refractivity contribution in [3.63, 3.8) is 0 Å². The topological polar surface area (TPSA) is 75.5 Å². The summed E-state index contributed by atoms with van der Waals surface area (Å²) in [6.07, 6.45) is 5.90. The molecule has 0 spiro atoms. The zero-order chi connectivity index (χ0) is 20.9. The van der Waals surface area contributed by atoms with Crippen LogP contribution in [0, 0.1) is 0 Å². The molecule has 1 aromatic carbocycles. The number of amides is 1. The minimum Gasteiger partial charge on any atom is -0.496 e. The van der Waals surface area contributed by atoms with Crippen LogP contribution < -0.4 is 10.1 Å². The molecule has 164 valence electrons. The predicted octanol–water partition coefficient (Wildman–Crippen LogP) is 2.14. The number of carbonyl (C=O) groups excluding carboxylic acids is 1. The summed E-state index contributed by atoms with van der Waals surface area (Å²) in [5, 5.41) is 11.9. The maximum absolute atomic E-state index is 13.1. The Bertz CT molecular complexity index is 861. The van der Waals surface area contributed by atoms with E-state index < -0.39 is 0 Å². The number of carbonyl (C=O) groups is 1. The lowest BCUT2D eigenvalue weighted by molar-refractivity contribution is 0.0924. The van der Waals surface area contributed by atoms with E-state index >= 15 is 0 Å². The molecule has 8 heteroatoms. The summed E-state index contributed by atoms with van der Waals surface area (Å²) in [6, 6.07) is 3.88. The van der Waals surface area contributed by atoms with Gasteiger partial charge in [0.15, 0.2) is 0 Å². The minimum absolute atomic E-state index is 0.0941. The number of hydrogen-bond acceptors (Lipinski definition) is 6. The number of benzene rings is 1. The van der Waals surface area contributed by atoms with Crippen molar-refractivity contribution < 1.29 is 9.53 Å². The Labute approximate surface area is 178 Å². The van der Waals surface area contributed by atoms with Crippen LogP contribution in [-0.4, -0.2) is 83.1 Å². The second-order valence-electron chi connectivity index (χ2n) is 8.46. The van der Waals surface area contributed by atoms with Gasteiger partial charge in [0.05, 0.1) is 24.7 Å². The monoisotopic (exact) mass is 414 g/mol. The molecule has 2 aromatic rings. The predicted molar refractivity (Wildman–Crippen MR) is 117 cm³/mol. The number of rotatable bonds is 7. The summed E-state index contributed by atoms with van der Waals surface area (Å²) in [5.74, 6) is 0.481. The van der Waals surface area contributed by atoms with Crippen LogP contribution in [0.25, 0.3) is 11.0 Å². The van der Waals surface area contributed by atoms with Crippen molar-refractivity contribution in [1.29, 1.82) is 0 Å². The molecule has 2 fully saturated rings. The van der Waals surface area contributed by atoms with E-state index in [0.29, 0.717) is 11.3 Å². The first-order valence-electron chi connectivity index (χ1n) is 11.3. The van der Waals surface area contributed by atoms with E-state index in [1.54, 1.807) is 7.11 Å². The molecule has 1 N–H and O–H groups in total. The molecule has 1 atom stereocenters. The maximum Gasteiger partial charge on any atom is 0.255 e. The number of likely N-dealkylation sites (tertiary alicyclic amines) is 2. The number of nitrogens with one attached hydrogen (secondary N) is 1. The van der Waals surface area contributed by atoms with E-state index in [1.807, 2.05) is 16.8 Å². The molecule has 1 amide bonds. The van der Waals surface area contributed by atoms with Gasteiger partial charge in [0.25, 0.3) is 5.91 Å². The lowest BCUT2D eigenvalue weighted by Gasteiger charge is -2.23. The SMILES string of the molecule is CCN1CCCCC(NC(=O)c2cc3nnn(CCN4CCCC4)c3cc2OC)C1. The van der Waals surface area contributed by atoms with Gasteiger partial charge in [0.2, 0.25) is 0 Å². The first-order valence-corrected chi connectivity index (χ1v) is 11.3. The molecule has 4 rings (SSSR count). The zero-order valence-corrected chi connectivity index (χ0v) is 18.3. The summed E-state index contributed by atoms with van der Waals surface area (Å²) in [5.41, 5.74) is 2.18. The van der Waals surface area contributed by atoms with Crippen LogP contribution in [0.4, 0.5) is 0 Å². The molecule has 0 radical (unpaired) electrons. The largest absolute Gasteiger partial charge is 0.496 e. The van der Waals surface area contributed by atoms with Crippen molar-refractivity contribution in [2.45, 2.75) is 51.6 Å². The fourth-order valence-electron chi connectivity index (χ4n) is 4.64. The normalized spacial score (nSPS) is 21.1. The number of likely N-dealkylation sites (N-methyl/N-ethyl adjacent to an activating group) is 1. The highest BCUT2D eigenvalue weighted by Crippen LogP contribution is 2.25. The third-order valence-electron chi connectivity index (χ3n) is 6.44. The van der Waals surface area contributed by atoms with Crippen LogP contribution in [0.2, 0.25) is 0 Å². The highest BCUT2D eigenvalue weighted by atomic mass is 16.5. The highest BCUT2D eigenvalue weighted by molar-refractivity contribution is 6.00. The molecule has 0 bridgehead atoms. The third-order valence-corrected chi connectivity index (χ3v) is 6.44. The third kappa shape index (κ3) is 4.75. The lowest BCUT2D eigenvalue weighted by Crippen LogP contribution is -2.42. The summed E-state index contributed by atoms with van der Waals surface area (Å²) in [6.45, 7) is 9.29. The average molecular weight is 415 g/mol. The fourth-order valence-corrected chi connectivity index (χ4v) is 4.64. The number of methoxy groups -OCH3 is 1. The van der Waals surface area contributed by atoms with Crippen LogP contribution in [0.15, 0.2) is 12.1 Å². The number of fused-ring (bicyclic) bond motifs is 1. The van der Waals surface area contributed by atoms with Gasteiger partial charge in [0.1, 0.15) is 11.3 Å². The first-order chi connectivity index (χ1) is 14.7. The Kier molecular flexibility index (Phi) is 6.84. The standard InChI is InChI=1S/C22H34N6O2/c1-3-26-9-5-4-8-17(16-26)23-22(29)18-14-19-20(15-21(18)30-2)28(25-24-19)13-12-27-10-6-7-11-27/h14-15,17H,3-13,16H2,1-2H3,(H,23,29). The molecule has 0 aliphatic carbocycles.